The molecule has 1 saturated heterocycles. The Kier molecular flexibility index (Phi) is 5.39. The minimum atomic E-state index is -0.643. The Balaban J connectivity index is 1.94. The lowest BCUT2D eigenvalue weighted by Gasteiger charge is -2.27. The van der Waals surface area contributed by atoms with Crippen LogP contribution < -0.4 is 5.32 Å². The first kappa shape index (κ1) is 19.5. The van der Waals surface area contributed by atoms with Gasteiger partial charge < -0.3 is 4.42 Å². The van der Waals surface area contributed by atoms with Gasteiger partial charge in [0.1, 0.15) is 22.1 Å². The summed E-state index contributed by atoms with van der Waals surface area (Å²) in [5.74, 6) is -0.685. The summed E-state index contributed by atoms with van der Waals surface area (Å²) in [6.07, 6.45) is 2.76. The van der Waals surface area contributed by atoms with Crippen LogP contribution in [-0.2, 0) is 9.59 Å². The number of nitro benzene ring substituents is 1. The Morgan fingerprint density at radius 3 is 2.75 bits per heavy atom. The highest BCUT2D eigenvalue weighted by Crippen LogP contribution is 2.31. The Bertz CT molecular complexity index is 1060. The highest BCUT2D eigenvalue weighted by Gasteiger charge is 2.32. The van der Waals surface area contributed by atoms with Crippen molar-refractivity contribution < 1.29 is 18.9 Å². The van der Waals surface area contributed by atoms with Crippen LogP contribution in [0.2, 0.25) is 5.02 Å². The number of rotatable bonds is 5. The zero-order valence-corrected chi connectivity index (χ0v) is 15.7. The molecular weight excluding hydrogens is 406 g/mol. The molecule has 1 aliphatic rings. The maximum atomic E-state index is 12.5. The molecule has 1 aliphatic heterocycles. The van der Waals surface area contributed by atoms with E-state index in [4.69, 9.17) is 28.2 Å². The van der Waals surface area contributed by atoms with Gasteiger partial charge in [-0.05, 0) is 42.6 Å². The van der Waals surface area contributed by atoms with Crippen LogP contribution in [0.4, 0.5) is 5.69 Å². The van der Waals surface area contributed by atoms with Gasteiger partial charge in [-0.3, -0.25) is 29.9 Å². The molecular formula is C18H12ClN3O5S. The summed E-state index contributed by atoms with van der Waals surface area (Å²) in [6, 6.07) is 7.33. The predicted octanol–water partition coefficient (Wildman–Crippen LogP) is 3.32. The number of halogens is 1. The lowest BCUT2D eigenvalue weighted by Crippen LogP contribution is -2.53. The molecule has 8 nitrogen and oxygen atoms in total. The number of hydrogen-bond donors (Lipinski definition) is 1. The van der Waals surface area contributed by atoms with E-state index in [2.05, 4.69) is 11.9 Å². The SMILES string of the molecule is C=CCN1C(=O)C(=Cc2ccc(-c3ccc(Cl)c([N+](=O)[O-])c3)o2)C(=O)NC1=S. The number of hydrogen-bond acceptors (Lipinski definition) is 6. The second-order valence-electron chi connectivity index (χ2n) is 5.65. The summed E-state index contributed by atoms with van der Waals surface area (Å²) in [5, 5.41) is 13.5. The van der Waals surface area contributed by atoms with Gasteiger partial charge in [-0.1, -0.05) is 17.7 Å². The van der Waals surface area contributed by atoms with E-state index in [1.165, 1.54) is 35.3 Å². The topological polar surface area (TPSA) is 106 Å². The lowest BCUT2D eigenvalue weighted by molar-refractivity contribution is -0.384. The normalized spacial score (nSPS) is 15.7. The monoisotopic (exact) mass is 417 g/mol. The maximum Gasteiger partial charge on any atom is 0.288 e. The molecule has 1 fully saturated rings. The van der Waals surface area contributed by atoms with Gasteiger partial charge >= 0.3 is 0 Å². The van der Waals surface area contributed by atoms with Gasteiger partial charge in [0.25, 0.3) is 17.5 Å². The van der Waals surface area contributed by atoms with Crippen LogP contribution in [0.25, 0.3) is 17.4 Å². The first-order valence-electron chi connectivity index (χ1n) is 7.85. The van der Waals surface area contributed by atoms with Crippen LogP contribution in [0.1, 0.15) is 5.76 Å². The molecule has 2 aromatic rings. The van der Waals surface area contributed by atoms with E-state index in [0.29, 0.717) is 11.3 Å². The first-order valence-corrected chi connectivity index (χ1v) is 8.64. The van der Waals surface area contributed by atoms with Gasteiger partial charge in [-0.15, -0.1) is 6.58 Å². The van der Waals surface area contributed by atoms with E-state index in [1.54, 1.807) is 12.1 Å². The summed E-state index contributed by atoms with van der Waals surface area (Å²) >= 11 is 10.8. The summed E-state index contributed by atoms with van der Waals surface area (Å²) in [6.45, 7) is 3.70. The molecule has 1 aromatic heterocycles. The summed E-state index contributed by atoms with van der Waals surface area (Å²) in [4.78, 5) is 36.3. The van der Waals surface area contributed by atoms with E-state index in [1.807, 2.05) is 0 Å². The van der Waals surface area contributed by atoms with Crippen molar-refractivity contribution in [3.63, 3.8) is 0 Å². The fraction of sp³-hybridized carbons (Fsp3) is 0.0556. The largest absolute Gasteiger partial charge is 0.457 e. The van der Waals surface area contributed by atoms with Crippen molar-refractivity contribution in [2.75, 3.05) is 6.54 Å². The lowest BCUT2D eigenvalue weighted by atomic mass is 10.1. The highest BCUT2D eigenvalue weighted by molar-refractivity contribution is 7.80. The van der Waals surface area contributed by atoms with Gasteiger partial charge in [0.15, 0.2) is 5.11 Å². The number of carbonyl (C=O) groups is 2. The Morgan fingerprint density at radius 2 is 2.07 bits per heavy atom. The summed E-state index contributed by atoms with van der Waals surface area (Å²) in [7, 11) is 0. The number of nitro groups is 1. The van der Waals surface area contributed by atoms with E-state index in [0.717, 1.165) is 0 Å². The molecule has 3 rings (SSSR count). The van der Waals surface area contributed by atoms with Gasteiger partial charge in [0, 0.05) is 18.2 Å². The average molecular weight is 418 g/mol. The molecule has 28 heavy (non-hydrogen) atoms. The molecule has 0 radical (unpaired) electrons. The molecule has 142 valence electrons. The van der Waals surface area contributed by atoms with Crippen LogP contribution in [0.3, 0.4) is 0 Å². The van der Waals surface area contributed by atoms with Gasteiger partial charge in [0.05, 0.1) is 4.92 Å². The molecule has 0 atom stereocenters. The fourth-order valence-corrected chi connectivity index (χ4v) is 2.96. The molecule has 1 aromatic carbocycles. The Labute approximate surface area is 169 Å². The second-order valence-corrected chi connectivity index (χ2v) is 6.44. The Morgan fingerprint density at radius 1 is 1.32 bits per heavy atom. The number of thiocarbonyl (C=S) groups is 1. The molecule has 2 amide bonds. The highest BCUT2D eigenvalue weighted by atomic mass is 35.5. The van der Waals surface area contributed by atoms with E-state index in [9.17, 15) is 19.7 Å². The van der Waals surface area contributed by atoms with Crippen molar-refractivity contribution in [1.29, 1.82) is 0 Å². The van der Waals surface area contributed by atoms with Gasteiger partial charge in [-0.25, -0.2) is 0 Å². The van der Waals surface area contributed by atoms with Crippen molar-refractivity contribution in [2.24, 2.45) is 0 Å². The second kappa shape index (κ2) is 7.75. The number of carbonyl (C=O) groups excluding carboxylic acids is 2. The summed E-state index contributed by atoms with van der Waals surface area (Å²) in [5.41, 5.74) is 0.0129. The van der Waals surface area contributed by atoms with Crippen molar-refractivity contribution in [2.45, 2.75) is 0 Å². The van der Waals surface area contributed by atoms with Crippen LogP contribution in [0.15, 0.2) is 53.0 Å². The van der Waals surface area contributed by atoms with Crippen molar-refractivity contribution in [3.05, 3.63) is 69.5 Å². The number of amides is 2. The predicted molar refractivity (Wildman–Crippen MR) is 106 cm³/mol. The van der Waals surface area contributed by atoms with Crippen molar-refractivity contribution in [3.8, 4) is 11.3 Å². The molecule has 2 heterocycles. The summed E-state index contributed by atoms with van der Waals surface area (Å²) < 4.78 is 5.62. The van der Waals surface area contributed by atoms with Gasteiger partial charge in [-0.2, -0.15) is 0 Å². The zero-order chi connectivity index (χ0) is 20.4. The van der Waals surface area contributed by atoms with Crippen LogP contribution in [0, 0.1) is 10.1 Å². The van der Waals surface area contributed by atoms with E-state index >= 15 is 0 Å². The first-order chi connectivity index (χ1) is 13.3. The van der Waals surface area contributed by atoms with E-state index in [-0.39, 0.29) is 33.7 Å². The van der Waals surface area contributed by atoms with Crippen LogP contribution >= 0.6 is 23.8 Å². The van der Waals surface area contributed by atoms with Gasteiger partial charge in [0.2, 0.25) is 0 Å². The molecule has 0 aliphatic carbocycles. The molecule has 1 N–H and O–H groups in total. The third kappa shape index (κ3) is 3.71. The van der Waals surface area contributed by atoms with Crippen molar-refractivity contribution >= 4 is 52.5 Å². The van der Waals surface area contributed by atoms with Crippen LogP contribution in [-0.4, -0.2) is 33.3 Å². The minimum absolute atomic E-state index is 0.000609. The molecule has 10 heteroatoms. The number of furan rings is 1. The van der Waals surface area contributed by atoms with Crippen molar-refractivity contribution in [1.82, 2.24) is 10.2 Å². The third-order valence-electron chi connectivity index (χ3n) is 3.84. The molecule has 0 spiro atoms. The molecule has 0 bridgehead atoms. The quantitative estimate of drug-likeness (QED) is 0.200. The third-order valence-corrected chi connectivity index (χ3v) is 4.48. The van der Waals surface area contributed by atoms with Crippen LogP contribution in [0.5, 0.6) is 0 Å². The minimum Gasteiger partial charge on any atom is -0.457 e. The fourth-order valence-electron chi connectivity index (χ4n) is 2.52. The number of benzene rings is 1. The number of nitrogens with zero attached hydrogens (tertiary/aromatic N) is 2. The van der Waals surface area contributed by atoms with E-state index < -0.39 is 16.7 Å². The standard InChI is InChI=1S/C18H12ClN3O5S/c1-2-7-21-17(24)12(16(23)20-18(21)28)9-11-4-6-15(27-11)10-3-5-13(19)14(8-10)22(25)26/h2-6,8-9H,1,7H2,(H,20,23,28). The maximum absolute atomic E-state index is 12.5. The molecule has 0 unspecified atom stereocenters. The number of nitrogens with one attached hydrogen (secondary N) is 1. The Hall–Kier alpha value is -3.30. The molecule has 0 saturated carbocycles. The average Bonchev–Trinajstić information content (AvgIpc) is 3.11. The zero-order valence-electron chi connectivity index (χ0n) is 14.2. The smallest absolute Gasteiger partial charge is 0.288 e.